The van der Waals surface area contributed by atoms with Gasteiger partial charge in [0.25, 0.3) is 5.91 Å². The van der Waals surface area contributed by atoms with Crippen LogP contribution in [0.3, 0.4) is 0 Å². The Bertz CT molecular complexity index is 1130. The van der Waals surface area contributed by atoms with Crippen LogP contribution in [0.15, 0.2) is 71.1 Å². The summed E-state index contributed by atoms with van der Waals surface area (Å²) in [4.78, 5) is 26.2. The number of carboxylic acid groups (broad SMARTS) is 1. The predicted molar refractivity (Wildman–Crippen MR) is 107 cm³/mol. The second-order valence-electron chi connectivity index (χ2n) is 6.03. The van der Waals surface area contributed by atoms with Crippen LogP contribution in [0.5, 0.6) is 5.06 Å². The van der Waals surface area contributed by atoms with Gasteiger partial charge in [-0.3, -0.25) is 4.79 Å². The highest BCUT2D eigenvalue weighted by Crippen LogP contribution is 2.43. The van der Waals surface area contributed by atoms with Gasteiger partial charge in [0.15, 0.2) is 5.76 Å². The second-order valence-corrected chi connectivity index (χ2v) is 7.04. The Labute approximate surface area is 164 Å². The lowest BCUT2D eigenvalue weighted by molar-refractivity contribution is 0.0967. The first-order valence-electron chi connectivity index (χ1n) is 8.39. The van der Waals surface area contributed by atoms with Crippen LogP contribution in [-0.2, 0) is 0 Å². The van der Waals surface area contributed by atoms with E-state index in [9.17, 15) is 9.59 Å². The van der Waals surface area contributed by atoms with Crippen LogP contribution in [0.4, 0.5) is 10.5 Å². The van der Waals surface area contributed by atoms with Crippen molar-refractivity contribution in [2.45, 2.75) is 0 Å². The standard InChI is InChI=1S/C21H15NO5S/c1-22(19(23)17-11-14-9-5-6-10-16(14)26-17)15-12-18(13-7-3-2-4-8-13)28-20(15)27-21(24)25/h2-12H,1H3,(H,24,25). The van der Waals surface area contributed by atoms with Crippen molar-refractivity contribution in [3.63, 3.8) is 0 Å². The molecule has 7 heteroatoms. The number of furan rings is 1. The number of thiophene rings is 1. The largest absolute Gasteiger partial charge is 0.512 e. The van der Waals surface area contributed by atoms with E-state index in [1.54, 1.807) is 25.2 Å². The average molecular weight is 393 g/mol. The third-order valence-corrected chi connectivity index (χ3v) is 5.27. The number of carbonyl (C=O) groups excluding carboxylic acids is 1. The summed E-state index contributed by atoms with van der Waals surface area (Å²) in [6.45, 7) is 0. The van der Waals surface area contributed by atoms with Crippen molar-refractivity contribution >= 4 is 40.1 Å². The summed E-state index contributed by atoms with van der Waals surface area (Å²) in [5.41, 5.74) is 1.87. The molecule has 2 aromatic heterocycles. The van der Waals surface area contributed by atoms with Gasteiger partial charge in [0.05, 0.1) is 5.69 Å². The fraction of sp³-hybridized carbons (Fsp3) is 0.0476. The molecule has 4 aromatic rings. The van der Waals surface area contributed by atoms with Crippen LogP contribution < -0.4 is 9.64 Å². The van der Waals surface area contributed by atoms with E-state index < -0.39 is 12.1 Å². The number of anilines is 1. The van der Waals surface area contributed by atoms with Gasteiger partial charge >= 0.3 is 6.16 Å². The van der Waals surface area contributed by atoms with E-state index >= 15 is 0 Å². The maximum Gasteiger partial charge on any atom is 0.512 e. The average Bonchev–Trinajstić information content (AvgIpc) is 3.31. The van der Waals surface area contributed by atoms with Crippen molar-refractivity contribution < 1.29 is 23.8 Å². The molecule has 140 valence electrons. The molecular formula is C21H15NO5S. The van der Waals surface area contributed by atoms with E-state index in [1.165, 1.54) is 4.90 Å². The molecule has 2 aromatic carbocycles. The van der Waals surface area contributed by atoms with Gasteiger partial charge in [-0.25, -0.2) is 4.79 Å². The number of nitrogens with zero attached hydrogens (tertiary/aromatic N) is 1. The molecule has 0 saturated carbocycles. The molecule has 0 atom stereocenters. The van der Waals surface area contributed by atoms with E-state index in [0.29, 0.717) is 11.3 Å². The predicted octanol–water partition coefficient (Wildman–Crippen LogP) is 5.49. The van der Waals surface area contributed by atoms with Crippen molar-refractivity contribution in [3.05, 3.63) is 72.5 Å². The zero-order chi connectivity index (χ0) is 19.7. The molecule has 0 unspecified atom stereocenters. The molecule has 0 saturated heterocycles. The molecule has 4 rings (SSSR count). The van der Waals surface area contributed by atoms with Crippen LogP contribution in [0.25, 0.3) is 21.4 Å². The number of amides is 1. The summed E-state index contributed by atoms with van der Waals surface area (Å²) in [6.07, 6.45) is -1.44. The normalized spacial score (nSPS) is 10.8. The van der Waals surface area contributed by atoms with E-state index in [0.717, 1.165) is 27.2 Å². The molecule has 0 bridgehead atoms. The number of carbonyl (C=O) groups is 2. The highest BCUT2D eigenvalue weighted by atomic mass is 32.1. The van der Waals surface area contributed by atoms with Gasteiger partial charge in [-0.15, -0.1) is 0 Å². The Morgan fingerprint density at radius 3 is 2.46 bits per heavy atom. The molecule has 0 fully saturated rings. The third kappa shape index (κ3) is 3.35. The smallest absolute Gasteiger partial charge is 0.451 e. The molecule has 0 spiro atoms. The molecule has 0 aliphatic heterocycles. The molecule has 0 aliphatic rings. The lowest BCUT2D eigenvalue weighted by Gasteiger charge is -2.15. The van der Waals surface area contributed by atoms with E-state index in [1.807, 2.05) is 48.5 Å². The summed E-state index contributed by atoms with van der Waals surface area (Å²) in [5, 5.41) is 10.0. The number of fused-ring (bicyclic) bond motifs is 1. The van der Waals surface area contributed by atoms with Gasteiger partial charge in [0.1, 0.15) is 5.58 Å². The van der Waals surface area contributed by atoms with Crippen LogP contribution in [-0.4, -0.2) is 24.2 Å². The van der Waals surface area contributed by atoms with Crippen molar-refractivity contribution in [3.8, 4) is 15.5 Å². The lowest BCUT2D eigenvalue weighted by atomic mass is 10.2. The Morgan fingerprint density at radius 1 is 1.04 bits per heavy atom. The maximum absolute atomic E-state index is 12.9. The first kappa shape index (κ1) is 17.8. The molecule has 28 heavy (non-hydrogen) atoms. The summed E-state index contributed by atoms with van der Waals surface area (Å²) >= 11 is 1.16. The lowest BCUT2D eigenvalue weighted by Crippen LogP contribution is -2.26. The van der Waals surface area contributed by atoms with Gasteiger partial charge in [0.2, 0.25) is 5.06 Å². The van der Waals surface area contributed by atoms with Crippen LogP contribution in [0.2, 0.25) is 0 Å². The molecule has 1 N–H and O–H groups in total. The van der Waals surface area contributed by atoms with Crippen molar-refractivity contribution in [2.24, 2.45) is 0 Å². The molecule has 1 amide bonds. The molecular weight excluding hydrogens is 378 g/mol. The third-order valence-electron chi connectivity index (χ3n) is 4.22. The van der Waals surface area contributed by atoms with Gasteiger partial charge < -0.3 is 19.2 Å². The molecule has 0 radical (unpaired) electrons. The van der Waals surface area contributed by atoms with Gasteiger partial charge in [-0.05, 0) is 23.8 Å². The summed E-state index contributed by atoms with van der Waals surface area (Å²) in [5.74, 6) is -0.235. The number of hydrogen-bond acceptors (Lipinski definition) is 5. The number of hydrogen-bond donors (Lipinski definition) is 1. The summed E-state index contributed by atoms with van der Waals surface area (Å²) in [7, 11) is 1.56. The minimum Gasteiger partial charge on any atom is -0.451 e. The highest BCUT2D eigenvalue weighted by Gasteiger charge is 2.24. The number of benzene rings is 2. The number of ether oxygens (including phenoxy) is 1. The minimum atomic E-state index is -1.44. The first-order chi connectivity index (χ1) is 13.5. The van der Waals surface area contributed by atoms with Gasteiger partial charge in [-0.1, -0.05) is 59.9 Å². The highest BCUT2D eigenvalue weighted by molar-refractivity contribution is 7.18. The maximum atomic E-state index is 12.9. The summed E-state index contributed by atoms with van der Waals surface area (Å²) < 4.78 is 10.6. The fourth-order valence-corrected chi connectivity index (χ4v) is 3.90. The number of para-hydroxylation sites is 1. The second kappa shape index (κ2) is 7.21. The van der Waals surface area contributed by atoms with Gasteiger partial charge in [0, 0.05) is 17.3 Å². The monoisotopic (exact) mass is 393 g/mol. The number of rotatable bonds is 4. The fourth-order valence-electron chi connectivity index (χ4n) is 2.86. The van der Waals surface area contributed by atoms with E-state index in [2.05, 4.69) is 0 Å². The Kier molecular flexibility index (Phi) is 4.58. The molecule has 0 aliphatic carbocycles. The van der Waals surface area contributed by atoms with Crippen molar-refractivity contribution in [1.29, 1.82) is 0 Å². The van der Waals surface area contributed by atoms with E-state index in [-0.39, 0.29) is 10.8 Å². The molecule has 2 heterocycles. The van der Waals surface area contributed by atoms with Gasteiger partial charge in [-0.2, -0.15) is 0 Å². The minimum absolute atomic E-state index is 0.123. The summed E-state index contributed by atoms with van der Waals surface area (Å²) in [6, 6.07) is 20.2. The Balaban J connectivity index is 1.72. The SMILES string of the molecule is CN(C(=O)c1cc2ccccc2o1)c1cc(-c2ccccc2)sc1OC(=O)O. The van der Waals surface area contributed by atoms with Crippen molar-refractivity contribution in [2.75, 3.05) is 11.9 Å². The molecule has 6 nitrogen and oxygen atoms in total. The Morgan fingerprint density at radius 2 is 1.75 bits per heavy atom. The van der Waals surface area contributed by atoms with Crippen LogP contribution in [0.1, 0.15) is 10.6 Å². The topological polar surface area (TPSA) is 80.0 Å². The Hall–Kier alpha value is -3.58. The van der Waals surface area contributed by atoms with E-state index in [4.69, 9.17) is 14.3 Å². The van der Waals surface area contributed by atoms with Crippen molar-refractivity contribution in [1.82, 2.24) is 0 Å². The van der Waals surface area contributed by atoms with Crippen LogP contribution >= 0.6 is 11.3 Å². The quantitative estimate of drug-likeness (QED) is 0.464. The zero-order valence-electron chi connectivity index (χ0n) is 14.8. The van der Waals surface area contributed by atoms with Crippen LogP contribution in [0, 0.1) is 0 Å². The zero-order valence-corrected chi connectivity index (χ0v) is 15.6. The first-order valence-corrected chi connectivity index (χ1v) is 9.21.